The predicted octanol–water partition coefficient (Wildman–Crippen LogP) is 5.05. The summed E-state index contributed by atoms with van der Waals surface area (Å²) in [5.74, 6) is -0.547. The summed E-state index contributed by atoms with van der Waals surface area (Å²) in [6.45, 7) is 1.86. The van der Waals surface area contributed by atoms with Gasteiger partial charge in [0.1, 0.15) is 5.82 Å². The number of halogens is 2. The van der Waals surface area contributed by atoms with Crippen LogP contribution >= 0.6 is 11.6 Å². The highest BCUT2D eigenvalue weighted by Gasteiger charge is 2.20. The van der Waals surface area contributed by atoms with Gasteiger partial charge in [0.25, 0.3) is 10.0 Å². The van der Waals surface area contributed by atoms with Gasteiger partial charge in [-0.3, -0.25) is 0 Å². The molecule has 0 bridgehead atoms. The fourth-order valence-corrected chi connectivity index (χ4v) is 4.25. The molecule has 7 heteroatoms. The summed E-state index contributed by atoms with van der Waals surface area (Å²) < 4.78 is 39.1. The third-order valence-corrected chi connectivity index (χ3v) is 5.97. The van der Waals surface area contributed by atoms with Gasteiger partial charge in [-0.25, -0.2) is 9.22 Å². The molecule has 3 rings (SSSR count). The molecular formula is C19H20ClFN2O2S. The van der Waals surface area contributed by atoms with Gasteiger partial charge in [-0.2, -0.15) is 13.5 Å². The lowest BCUT2D eigenvalue weighted by atomic mass is 9.99. The van der Waals surface area contributed by atoms with Gasteiger partial charge in [-0.1, -0.05) is 41.8 Å². The van der Waals surface area contributed by atoms with Crippen LogP contribution in [0.4, 0.5) is 4.39 Å². The summed E-state index contributed by atoms with van der Waals surface area (Å²) in [4.78, 5) is 2.44. The summed E-state index contributed by atoms with van der Waals surface area (Å²) in [5, 5.41) is 4.06. The van der Waals surface area contributed by atoms with Crippen molar-refractivity contribution in [2.75, 3.05) is 0 Å². The number of hydrazone groups is 1. The summed E-state index contributed by atoms with van der Waals surface area (Å²) in [5.41, 5.74) is 2.75. The van der Waals surface area contributed by atoms with Crippen molar-refractivity contribution in [2.24, 2.45) is 5.10 Å². The Kier molecular flexibility index (Phi) is 5.63. The van der Waals surface area contributed by atoms with Crippen LogP contribution < -0.4 is 4.83 Å². The van der Waals surface area contributed by atoms with Gasteiger partial charge in [0.15, 0.2) is 0 Å². The maximum atomic E-state index is 13.5. The van der Waals surface area contributed by atoms with E-state index in [1.54, 1.807) is 12.1 Å². The average molecular weight is 395 g/mol. The summed E-state index contributed by atoms with van der Waals surface area (Å²) in [6, 6.07) is 9.17. The summed E-state index contributed by atoms with van der Waals surface area (Å²) in [7, 11) is -3.85. The van der Waals surface area contributed by atoms with Gasteiger partial charge >= 0.3 is 0 Å². The zero-order valence-corrected chi connectivity index (χ0v) is 16.0. The highest BCUT2D eigenvalue weighted by molar-refractivity contribution is 7.89. The second-order valence-electron chi connectivity index (χ2n) is 6.46. The van der Waals surface area contributed by atoms with Crippen molar-refractivity contribution in [3.63, 3.8) is 0 Å². The van der Waals surface area contributed by atoms with Gasteiger partial charge in [-0.05, 0) is 56.4 Å². The SMILES string of the molecule is Cc1ccc(S(=O)(=O)NN=C2CCCCC2)c(-c2ccc(F)c(Cl)c2)c1. The zero-order chi connectivity index (χ0) is 18.7. The number of nitrogens with zero attached hydrogens (tertiary/aromatic N) is 1. The standard InChI is InChI=1S/C19H20ClFN2O2S/c1-13-7-10-19(16(11-13)14-8-9-18(21)17(20)12-14)26(24,25)23-22-15-5-3-2-4-6-15/h7-12,23H,2-6H2,1H3. The molecule has 138 valence electrons. The summed E-state index contributed by atoms with van der Waals surface area (Å²) in [6.07, 6.45) is 4.85. The molecule has 0 saturated heterocycles. The first-order chi connectivity index (χ1) is 12.4. The Morgan fingerprint density at radius 3 is 2.50 bits per heavy atom. The topological polar surface area (TPSA) is 58.5 Å². The highest BCUT2D eigenvalue weighted by Crippen LogP contribution is 2.31. The molecule has 0 spiro atoms. The third kappa shape index (κ3) is 4.24. The molecule has 1 N–H and O–H groups in total. The van der Waals surface area contributed by atoms with Crippen LogP contribution in [0.3, 0.4) is 0 Å². The molecule has 1 aliphatic carbocycles. The fourth-order valence-electron chi connectivity index (χ4n) is 3.01. The average Bonchev–Trinajstić information content (AvgIpc) is 2.63. The Labute approximate surface area is 158 Å². The number of hydrogen-bond donors (Lipinski definition) is 1. The largest absolute Gasteiger partial charge is 0.277 e. The van der Waals surface area contributed by atoms with E-state index >= 15 is 0 Å². The van der Waals surface area contributed by atoms with Crippen molar-refractivity contribution in [3.05, 3.63) is 52.8 Å². The van der Waals surface area contributed by atoms with Crippen LogP contribution in [-0.2, 0) is 10.0 Å². The molecule has 0 heterocycles. The number of nitrogens with one attached hydrogen (secondary N) is 1. The minimum absolute atomic E-state index is 0.0530. The Balaban J connectivity index is 2.00. The van der Waals surface area contributed by atoms with Crippen LogP contribution in [0.5, 0.6) is 0 Å². The molecule has 0 aliphatic heterocycles. The molecule has 0 amide bonds. The molecule has 4 nitrogen and oxygen atoms in total. The lowest BCUT2D eigenvalue weighted by Crippen LogP contribution is -2.22. The lowest BCUT2D eigenvalue weighted by molar-refractivity contribution is 0.583. The second-order valence-corrected chi connectivity index (χ2v) is 8.50. The molecule has 0 atom stereocenters. The van der Waals surface area contributed by atoms with E-state index in [0.29, 0.717) is 11.1 Å². The van der Waals surface area contributed by atoms with Gasteiger partial charge < -0.3 is 0 Å². The highest BCUT2D eigenvalue weighted by atomic mass is 35.5. The fraction of sp³-hybridized carbons (Fsp3) is 0.316. The quantitative estimate of drug-likeness (QED) is 0.737. The van der Waals surface area contributed by atoms with Gasteiger partial charge in [0, 0.05) is 11.3 Å². The van der Waals surface area contributed by atoms with Crippen molar-refractivity contribution < 1.29 is 12.8 Å². The smallest absolute Gasteiger partial charge is 0.205 e. The van der Waals surface area contributed by atoms with Gasteiger partial charge in [0.2, 0.25) is 0 Å². The molecular weight excluding hydrogens is 375 g/mol. The molecule has 2 aromatic rings. The van der Waals surface area contributed by atoms with E-state index in [-0.39, 0.29) is 9.92 Å². The van der Waals surface area contributed by atoms with Crippen LogP contribution in [-0.4, -0.2) is 14.1 Å². The Morgan fingerprint density at radius 1 is 1.08 bits per heavy atom. The van der Waals surface area contributed by atoms with Crippen molar-refractivity contribution in [1.29, 1.82) is 0 Å². The number of hydrogen-bond acceptors (Lipinski definition) is 3. The van der Waals surface area contributed by atoms with E-state index in [1.165, 1.54) is 24.3 Å². The minimum atomic E-state index is -3.85. The third-order valence-electron chi connectivity index (χ3n) is 4.41. The molecule has 0 radical (unpaired) electrons. The predicted molar refractivity (Wildman–Crippen MR) is 102 cm³/mol. The van der Waals surface area contributed by atoms with E-state index in [9.17, 15) is 12.8 Å². The molecule has 1 fully saturated rings. The van der Waals surface area contributed by atoms with E-state index in [2.05, 4.69) is 9.93 Å². The van der Waals surface area contributed by atoms with E-state index < -0.39 is 15.8 Å². The Bertz CT molecular complexity index is 950. The van der Waals surface area contributed by atoms with Gasteiger partial charge in [-0.15, -0.1) is 0 Å². The zero-order valence-electron chi connectivity index (χ0n) is 14.4. The Morgan fingerprint density at radius 2 is 1.81 bits per heavy atom. The summed E-state index contributed by atoms with van der Waals surface area (Å²) >= 11 is 5.87. The molecule has 0 aromatic heterocycles. The second kappa shape index (κ2) is 7.76. The van der Waals surface area contributed by atoms with Crippen molar-refractivity contribution >= 4 is 27.3 Å². The first kappa shape index (κ1) is 18.9. The maximum Gasteiger partial charge on any atom is 0.277 e. The normalized spacial score (nSPS) is 15.0. The van der Waals surface area contributed by atoms with Crippen LogP contribution in [0.2, 0.25) is 5.02 Å². The molecule has 26 heavy (non-hydrogen) atoms. The minimum Gasteiger partial charge on any atom is -0.205 e. The van der Waals surface area contributed by atoms with Crippen LogP contribution in [0.25, 0.3) is 11.1 Å². The Hall–Kier alpha value is -1.92. The number of rotatable bonds is 4. The number of sulfonamides is 1. The van der Waals surface area contributed by atoms with Crippen molar-refractivity contribution in [1.82, 2.24) is 4.83 Å². The van der Waals surface area contributed by atoms with Crippen LogP contribution in [0.15, 0.2) is 46.4 Å². The van der Waals surface area contributed by atoms with Gasteiger partial charge in [0.05, 0.1) is 9.92 Å². The van der Waals surface area contributed by atoms with Crippen LogP contribution in [0.1, 0.15) is 37.7 Å². The monoisotopic (exact) mass is 394 g/mol. The van der Waals surface area contributed by atoms with Crippen molar-refractivity contribution in [2.45, 2.75) is 43.9 Å². The number of benzene rings is 2. The van der Waals surface area contributed by atoms with E-state index in [0.717, 1.165) is 43.4 Å². The molecule has 1 aliphatic rings. The number of aryl methyl sites for hydroxylation is 1. The van der Waals surface area contributed by atoms with Crippen molar-refractivity contribution in [3.8, 4) is 11.1 Å². The maximum absolute atomic E-state index is 13.5. The van der Waals surface area contributed by atoms with Crippen LogP contribution in [0, 0.1) is 12.7 Å². The first-order valence-electron chi connectivity index (χ1n) is 8.50. The van der Waals surface area contributed by atoms with E-state index in [1.807, 2.05) is 6.92 Å². The molecule has 2 aromatic carbocycles. The lowest BCUT2D eigenvalue weighted by Gasteiger charge is -2.14. The first-order valence-corrected chi connectivity index (χ1v) is 10.4. The molecule has 0 unspecified atom stereocenters. The molecule has 1 saturated carbocycles. The van der Waals surface area contributed by atoms with E-state index in [4.69, 9.17) is 11.6 Å².